The fourth-order valence-corrected chi connectivity index (χ4v) is 4.69. The Labute approximate surface area is 216 Å². The van der Waals surface area contributed by atoms with Crippen molar-refractivity contribution in [1.82, 2.24) is 40.2 Å². The van der Waals surface area contributed by atoms with Crippen molar-refractivity contribution in [2.45, 2.75) is 38.1 Å². The van der Waals surface area contributed by atoms with Gasteiger partial charge < -0.3 is 24.7 Å². The van der Waals surface area contributed by atoms with Crippen LogP contribution in [0.3, 0.4) is 0 Å². The fraction of sp³-hybridized carbons (Fsp3) is 0.360. The van der Waals surface area contributed by atoms with Gasteiger partial charge in [-0.15, -0.1) is 5.10 Å². The number of fused-ring (bicyclic) bond motifs is 5. The number of hydrogen-bond donors (Lipinski definition) is 2. The van der Waals surface area contributed by atoms with Gasteiger partial charge in [-0.1, -0.05) is 5.21 Å². The molecule has 38 heavy (non-hydrogen) atoms. The number of H-pyrrole nitrogens is 1. The third-order valence-electron chi connectivity index (χ3n) is 6.60. The van der Waals surface area contributed by atoms with Crippen LogP contribution in [0.5, 0.6) is 5.75 Å². The summed E-state index contributed by atoms with van der Waals surface area (Å²) >= 11 is 0. The van der Waals surface area contributed by atoms with Crippen molar-refractivity contribution in [3.05, 3.63) is 65.8 Å². The van der Waals surface area contributed by atoms with Crippen LogP contribution in [0.4, 0.5) is 4.39 Å². The van der Waals surface area contributed by atoms with Crippen LogP contribution in [-0.4, -0.2) is 78.5 Å². The molecule has 1 saturated heterocycles. The molecule has 196 valence electrons. The van der Waals surface area contributed by atoms with Gasteiger partial charge >= 0.3 is 0 Å². The van der Waals surface area contributed by atoms with Crippen LogP contribution in [0.1, 0.15) is 28.4 Å². The second kappa shape index (κ2) is 10.2. The minimum absolute atomic E-state index is 0.104. The molecule has 0 aliphatic carbocycles. The summed E-state index contributed by atoms with van der Waals surface area (Å²) in [6.45, 7) is 1.48. The molecule has 0 radical (unpaired) electrons. The SMILES string of the molecule is O=C1N[C@H]2CN(C(=O)CCc3nc4ccc(F)cc4[nH]3)C[C@@H]2OCc2cn(nn2)CCOc2cccnc21. The Morgan fingerprint density at radius 1 is 1.24 bits per heavy atom. The van der Waals surface area contributed by atoms with Gasteiger partial charge in [0.15, 0.2) is 11.4 Å². The van der Waals surface area contributed by atoms with E-state index in [1.165, 1.54) is 18.3 Å². The van der Waals surface area contributed by atoms with Crippen LogP contribution in [-0.2, 0) is 29.1 Å². The number of imidazole rings is 1. The van der Waals surface area contributed by atoms with E-state index in [2.05, 4.69) is 30.6 Å². The number of nitrogens with zero attached hydrogens (tertiary/aromatic N) is 6. The minimum atomic E-state index is -0.464. The molecule has 5 heterocycles. The first kappa shape index (κ1) is 24.0. The lowest BCUT2D eigenvalue weighted by Crippen LogP contribution is -2.44. The predicted molar refractivity (Wildman–Crippen MR) is 131 cm³/mol. The van der Waals surface area contributed by atoms with Gasteiger partial charge in [-0.2, -0.15) is 0 Å². The summed E-state index contributed by atoms with van der Waals surface area (Å²) in [5, 5.41) is 11.2. The van der Waals surface area contributed by atoms with Crippen molar-refractivity contribution >= 4 is 22.8 Å². The number of aromatic nitrogens is 6. The molecule has 1 fully saturated rings. The van der Waals surface area contributed by atoms with E-state index < -0.39 is 18.1 Å². The number of aryl methyl sites for hydroxylation is 1. The van der Waals surface area contributed by atoms with Crippen molar-refractivity contribution in [3.8, 4) is 5.75 Å². The second-order valence-corrected chi connectivity index (χ2v) is 9.24. The standard InChI is InChI=1S/C25H25FN8O4/c26-15-3-4-17-18(10-15)29-22(28-17)5-6-23(35)33-12-19-21(13-33)38-14-16-11-34(32-31-16)8-9-37-20-2-1-7-27-24(20)25(36)30-19/h1-4,7,10-11,19,21H,5-6,8-9,12-14H2,(H,28,29)(H,30,36)/t19-,21-/m0/s1. The van der Waals surface area contributed by atoms with Crippen molar-refractivity contribution < 1.29 is 23.5 Å². The Hall–Kier alpha value is -4.39. The van der Waals surface area contributed by atoms with Crippen LogP contribution in [0.15, 0.2) is 42.7 Å². The van der Waals surface area contributed by atoms with Crippen molar-refractivity contribution in [3.63, 3.8) is 0 Å². The van der Waals surface area contributed by atoms with Crippen LogP contribution in [0.25, 0.3) is 11.0 Å². The topological polar surface area (TPSA) is 140 Å². The van der Waals surface area contributed by atoms with Crippen molar-refractivity contribution in [1.29, 1.82) is 0 Å². The van der Waals surface area contributed by atoms with E-state index in [1.54, 1.807) is 34.0 Å². The first-order valence-corrected chi connectivity index (χ1v) is 12.3. The third-order valence-corrected chi connectivity index (χ3v) is 6.60. The summed E-state index contributed by atoms with van der Waals surface area (Å²) in [6, 6.07) is 7.24. The zero-order valence-corrected chi connectivity index (χ0v) is 20.3. The number of aromatic amines is 1. The molecule has 1 aromatic carbocycles. The van der Waals surface area contributed by atoms with Gasteiger partial charge in [-0.05, 0) is 30.3 Å². The van der Waals surface area contributed by atoms with E-state index in [1.807, 2.05) is 0 Å². The molecule has 0 saturated carbocycles. The molecule has 0 spiro atoms. The molecular weight excluding hydrogens is 495 g/mol. The molecule has 2 aliphatic heterocycles. The molecule has 2 atom stereocenters. The number of likely N-dealkylation sites (tertiary alicyclic amines) is 1. The lowest BCUT2D eigenvalue weighted by Gasteiger charge is -2.20. The van der Waals surface area contributed by atoms with Crippen LogP contribution < -0.4 is 10.1 Å². The third kappa shape index (κ3) is 5.05. The molecule has 12 nitrogen and oxygen atoms in total. The lowest BCUT2D eigenvalue weighted by molar-refractivity contribution is -0.130. The molecule has 13 heteroatoms. The van der Waals surface area contributed by atoms with Gasteiger partial charge in [0, 0.05) is 32.1 Å². The highest BCUT2D eigenvalue weighted by Gasteiger charge is 2.37. The number of pyridine rings is 1. The molecule has 2 N–H and O–H groups in total. The zero-order chi connectivity index (χ0) is 26.1. The van der Waals surface area contributed by atoms with E-state index in [0.717, 1.165) is 0 Å². The fourth-order valence-electron chi connectivity index (χ4n) is 4.69. The van der Waals surface area contributed by atoms with E-state index in [4.69, 9.17) is 9.47 Å². The van der Waals surface area contributed by atoms with Crippen molar-refractivity contribution in [2.24, 2.45) is 0 Å². The number of carbonyl (C=O) groups excluding carboxylic acids is 2. The lowest BCUT2D eigenvalue weighted by atomic mass is 10.2. The monoisotopic (exact) mass is 520 g/mol. The Morgan fingerprint density at radius 2 is 2.16 bits per heavy atom. The van der Waals surface area contributed by atoms with E-state index in [9.17, 15) is 14.0 Å². The summed E-state index contributed by atoms with van der Waals surface area (Å²) in [4.78, 5) is 39.6. The maximum atomic E-state index is 13.5. The highest BCUT2D eigenvalue weighted by Crippen LogP contribution is 2.21. The van der Waals surface area contributed by atoms with Gasteiger partial charge in [-0.25, -0.2) is 19.0 Å². The Bertz CT molecular complexity index is 1490. The zero-order valence-electron chi connectivity index (χ0n) is 20.3. The van der Waals surface area contributed by atoms with Gasteiger partial charge in [0.05, 0.1) is 42.5 Å². The molecule has 0 unspecified atom stereocenters. The summed E-state index contributed by atoms with van der Waals surface area (Å²) in [5.74, 6) is 0.0989. The second-order valence-electron chi connectivity index (χ2n) is 9.24. The number of halogens is 1. The highest BCUT2D eigenvalue weighted by atomic mass is 19.1. The number of nitrogens with one attached hydrogen (secondary N) is 2. The Balaban J connectivity index is 1.17. The van der Waals surface area contributed by atoms with Crippen LogP contribution >= 0.6 is 0 Å². The smallest absolute Gasteiger partial charge is 0.274 e. The van der Waals surface area contributed by atoms with E-state index in [-0.39, 0.29) is 43.6 Å². The van der Waals surface area contributed by atoms with Gasteiger partial charge in [0.2, 0.25) is 5.91 Å². The largest absolute Gasteiger partial charge is 0.489 e. The van der Waals surface area contributed by atoms with Crippen LogP contribution in [0.2, 0.25) is 0 Å². The average Bonchev–Trinajstić information content (AvgIpc) is 3.64. The average molecular weight is 521 g/mol. The highest BCUT2D eigenvalue weighted by molar-refractivity contribution is 5.95. The van der Waals surface area contributed by atoms with E-state index >= 15 is 0 Å². The normalized spacial score (nSPS) is 19.8. The molecule has 2 bridgehead atoms. The molecule has 2 amide bonds. The number of benzene rings is 1. The number of carbonyl (C=O) groups is 2. The Kier molecular flexibility index (Phi) is 6.42. The quantitative estimate of drug-likeness (QED) is 0.411. The maximum absolute atomic E-state index is 13.5. The summed E-state index contributed by atoms with van der Waals surface area (Å²) < 4.78 is 27.0. The van der Waals surface area contributed by atoms with Gasteiger partial charge in [-0.3, -0.25) is 9.59 Å². The summed E-state index contributed by atoms with van der Waals surface area (Å²) in [5.41, 5.74) is 2.03. The number of hydrogen-bond acceptors (Lipinski definition) is 8. The maximum Gasteiger partial charge on any atom is 0.274 e. The predicted octanol–water partition coefficient (Wildman–Crippen LogP) is 1.24. The minimum Gasteiger partial charge on any atom is -0.489 e. The first-order chi connectivity index (χ1) is 18.5. The van der Waals surface area contributed by atoms with Crippen molar-refractivity contribution in [2.75, 3.05) is 19.7 Å². The van der Waals surface area contributed by atoms with Gasteiger partial charge in [0.25, 0.3) is 5.91 Å². The molecule has 6 rings (SSSR count). The summed E-state index contributed by atoms with van der Waals surface area (Å²) in [7, 11) is 0. The first-order valence-electron chi connectivity index (χ1n) is 12.3. The molecular formula is C25H25FN8O4. The summed E-state index contributed by atoms with van der Waals surface area (Å²) in [6.07, 6.45) is 3.41. The Morgan fingerprint density at radius 3 is 3.08 bits per heavy atom. The van der Waals surface area contributed by atoms with Gasteiger partial charge in [0.1, 0.15) is 23.9 Å². The van der Waals surface area contributed by atoms with Crippen LogP contribution in [0, 0.1) is 5.82 Å². The molecule has 2 aliphatic rings. The molecule has 3 aromatic heterocycles. The molecule has 4 aromatic rings. The van der Waals surface area contributed by atoms with E-state index in [0.29, 0.717) is 47.8 Å². The number of amides is 2. The number of rotatable bonds is 3. The number of ether oxygens (including phenoxy) is 2.